The van der Waals surface area contributed by atoms with E-state index in [0.717, 1.165) is 11.5 Å². The molecule has 0 aliphatic carbocycles. The Kier molecular flexibility index (Phi) is 5.87. The van der Waals surface area contributed by atoms with Crippen molar-refractivity contribution in [2.45, 2.75) is 24.6 Å². The van der Waals surface area contributed by atoms with E-state index in [1.54, 1.807) is 42.6 Å². The van der Waals surface area contributed by atoms with Crippen molar-refractivity contribution in [1.29, 1.82) is 0 Å². The maximum absolute atomic E-state index is 12.6. The summed E-state index contributed by atoms with van der Waals surface area (Å²) in [6, 6.07) is 12.2. The minimum Gasteiger partial charge on any atom is -0.361 e. The Labute approximate surface area is 160 Å². The van der Waals surface area contributed by atoms with Crippen molar-refractivity contribution in [1.82, 2.24) is 10.1 Å². The predicted octanol–water partition coefficient (Wildman–Crippen LogP) is 3.88. The summed E-state index contributed by atoms with van der Waals surface area (Å²) in [6.07, 6.45) is 1.65. The minimum atomic E-state index is -0.255. The molecule has 0 atom stereocenters. The van der Waals surface area contributed by atoms with Gasteiger partial charge in [-0.2, -0.15) is 0 Å². The summed E-state index contributed by atoms with van der Waals surface area (Å²) in [5.41, 5.74) is 2.57. The first-order chi connectivity index (χ1) is 13.0. The Morgan fingerprint density at radius 1 is 1.11 bits per heavy atom. The maximum Gasteiger partial charge on any atom is 0.258 e. The molecule has 0 radical (unpaired) electrons. The molecule has 0 saturated carbocycles. The molecule has 0 aliphatic rings. The number of nitrogens with one attached hydrogen (secondary N) is 2. The molecule has 0 fully saturated rings. The lowest BCUT2D eigenvalue weighted by atomic mass is 10.2. The van der Waals surface area contributed by atoms with Gasteiger partial charge in [-0.3, -0.25) is 9.59 Å². The third-order valence-electron chi connectivity index (χ3n) is 3.51. The fourth-order valence-electron chi connectivity index (χ4n) is 2.35. The van der Waals surface area contributed by atoms with Crippen molar-refractivity contribution in [3.05, 3.63) is 65.7 Å². The molecule has 0 unspecified atom stereocenters. The van der Waals surface area contributed by atoms with Crippen LogP contribution < -0.4 is 10.6 Å². The summed E-state index contributed by atoms with van der Waals surface area (Å²) in [6.45, 7) is 3.27. The summed E-state index contributed by atoms with van der Waals surface area (Å²) in [4.78, 5) is 28.0. The Bertz CT molecular complexity index is 954. The summed E-state index contributed by atoms with van der Waals surface area (Å²) in [5, 5.41) is 10.1. The van der Waals surface area contributed by atoms with Crippen molar-refractivity contribution in [2.24, 2.45) is 0 Å². The van der Waals surface area contributed by atoms with Crippen LogP contribution >= 0.6 is 11.8 Å². The molecular formula is C19H18N4O3S. The van der Waals surface area contributed by atoms with Gasteiger partial charge in [-0.05, 0) is 43.3 Å². The van der Waals surface area contributed by atoms with Crippen LogP contribution in [-0.4, -0.2) is 22.0 Å². The van der Waals surface area contributed by atoms with E-state index in [0.29, 0.717) is 27.7 Å². The number of amides is 2. The van der Waals surface area contributed by atoms with Crippen molar-refractivity contribution in [3.63, 3.8) is 0 Å². The van der Waals surface area contributed by atoms with E-state index in [4.69, 9.17) is 4.52 Å². The standard InChI is InChI=1S/C19H18N4O3S/c1-12-10-16(23-26-12)11-27-19-17(4-3-9-20-19)18(25)22-15-7-5-14(6-8-15)21-13(2)24/h3-10H,11H2,1-2H3,(H,21,24)(H,22,25). The molecule has 0 aliphatic heterocycles. The zero-order valence-corrected chi connectivity index (χ0v) is 15.7. The average molecular weight is 382 g/mol. The number of pyridine rings is 1. The fraction of sp³-hybridized carbons (Fsp3) is 0.158. The number of rotatable bonds is 6. The van der Waals surface area contributed by atoms with Crippen LogP contribution in [0.1, 0.15) is 28.7 Å². The largest absolute Gasteiger partial charge is 0.361 e. The maximum atomic E-state index is 12.6. The van der Waals surface area contributed by atoms with Crippen LogP contribution in [0.3, 0.4) is 0 Å². The van der Waals surface area contributed by atoms with E-state index < -0.39 is 0 Å². The highest BCUT2D eigenvalue weighted by atomic mass is 32.2. The van der Waals surface area contributed by atoms with Gasteiger partial charge in [0.25, 0.3) is 5.91 Å². The number of aromatic nitrogens is 2. The van der Waals surface area contributed by atoms with E-state index in [9.17, 15) is 9.59 Å². The predicted molar refractivity (Wildman–Crippen MR) is 104 cm³/mol. The fourth-order valence-corrected chi connectivity index (χ4v) is 3.22. The summed E-state index contributed by atoms with van der Waals surface area (Å²) in [7, 11) is 0. The van der Waals surface area contributed by atoms with E-state index in [-0.39, 0.29) is 11.8 Å². The van der Waals surface area contributed by atoms with Gasteiger partial charge in [0, 0.05) is 36.3 Å². The van der Waals surface area contributed by atoms with Gasteiger partial charge in [-0.15, -0.1) is 0 Å². The Hall–Kier alpha value is -3.13. The van der Waals surface area contributed by atoms with Gasteiger partial charge >= 0.3 is 0 Å². The summed E-state index contributed by atoms with van der Waals surface area (Å²) < 4.78 is 5.05. The third kappa shape index (κ3) is 5.18. The molecule has 1 aromatic carbocycles. The molecule has 8 heteroatoms. The van der Waals surface area contributed by atoms with Crippen LogP contribution in [0, 0.1) is 6.92 Å². The highest BCUT2D eigenvalue weighted by Crippen LogP contribution is 2.25. The van der Waals surface area contributed by atoms with Gasteiger partial charge < -0.3 is 15.2 Å². The van der Waals surface area contributed by atoms with Crippen LogP contribution in [0.15, 0.2) is 58.2 Å². The summed E-state index contributed by atoms with van der Waals surface area (Å²) >= 11 is 1.42. The van der Waals surface area contributed by atoms with Crippen LogP contribution in [0.2, 0.25) is 0 Å². The number of carbonyl (C=O) groups is 2. The highest BCUT2D eigenvalue weighted by Gasteiger charge is 2.14. The van der Waals surface area contributed by atoms with E-state index in [1.165, 1.54) is 18.7 Å². The lowest BCUT2D eigenvalue weighted by Crippen LogP contribution is -2.13. The number of aryl methyl sites for hydroxylation is 1. The van der Waals surface area contributed by atoms with Crippen molar-refractivity contribution >= 4 is 35.0 Å². The minimum absolute atomic E-state index is 0.147. The van der Waals surface area contributed by atoms with Crippen LogP contribution in [0.25, 0.3) is 0 Å². The lowest BCUT2D eigenvalue weighted by Gasteiger charge is -2.09. The van der Waals surface area contributed by atoms with Gasteiger partial charge in [0.05, 0.1) is 11.3 Å². The van der Waals surface area contributed by atoms with Crippen molar-refractivity contribution in [3.8, 4) is 0 Å². The molecule has 2 N–H and O–H groups in total. The Morgan fingerprint density at radius 3 is 2.44 bits per heavy atom. The second kappa shape index (κ2) is 8.50. The van der Waals surface area contributed by atoms with Crippen molar-refractivity contribution < 1.29 is 14.1 Å². The van der Waals surface area contributed by atoms with Gasteiger partial charge in [0.15, 0.2) is 0 Å². The molecule has 0 bridgehead atoms. The summed E-state index contributed by atoms with van der Waals surface area (Å²) in [5.74, 6) is 0.896. The first-order valence-electron chi connectivity index (χ1n) is 8.20. The topological polar surface area (TPSA) is 97.1 Å². The van der Waals surface area contributed by atoms with Gasteiger partial charge in [0.1, 0.15) is 10.8 Å². The molecule has 138 valence electrons. The smallest absolute Gasteiger partial charge is 0.258 e. The molecule has 2 heterocycles. The zero-order valence-electron chi connectivity index (χ0n) is 14.9. The Morgan fingerprint density at radius 2 is 1.81 bits per heavy atom. The number of hydrogen-bond acceptors (Lipinski definition) is 6. The number of carbonyl (C=O) groups excluding carboxylic acids is 2. The molecule has 3 rings (SSSR count). The number of benzene rings is 1. The number of nitrogens with zero attached hydrogens (tertiary/aromatic N) is 2. The second-order valence-corrected chi connectivity index (χ2v) is 6.75. The van der Waals surface area contributed by atoms with E-state index >= 15 is 0 Å². The number of thioether (sulfide) groups is 1. The van der Waals surface area contributed by atoms with Gasteiger partial charge in [-0.25, -0.2) is 4.98 Å². The van der Waals surface area contributed by atoms with Crippen LogP contribution in [0.4, 0.5) is 11.4 Å². The molecule has 0 saturated heterocycles. The normalized spacial score (nSPS) is 10.4. The SMILES string of the molecule is CC(=O)Nc1ccc(NC(=O)c2cccnc2SCc2cc(C)on2)cc1. The molecule has 2 aromatic heterocycles. The zero-order chi connectivity index (χ0) is 19.2. The molecule has 7 nitrogen and oxygen atoms in total. The first-order valence-corrected chi connectivity index (χ1v) is 9.19. The average Bonchev–Trinajstić information content (AvgIpc) is 3.07. The molecule has 2 amide bonds. The van der Waals surface area contributed by atoms with E-state index in [1.807, 2.05) is 13.0 Å². The molecule has 27 heavy (non-hydrogen) atoms. The second-order valence-electron chi connectivity index (χ2n) is 5.79. The number of hydrogen-bond donors (Lipinski definition) is 2. The van der Waals surface area contributed by atoms with E-state index in [2.05, 4.69) is 20.8 Å². The number of anilines is 2. The van der Waals surface area contributed by atoms with Gasteiger partial charge in [-0.1, -0.05) is 16.9 Å². The Balaban J connectivity index is 1.68. The van der Waals surface area contributed by atoms with Crippen LogP contribution in [0.5, 0.6) is 0 Å². The molecule has 0 spiro atoms. The van der Waals surface area contributed by atoms with Gasteiger partial charge in [0.2, 0.25) is 5.91 Å². The molecular weight excluding hydrogens is 364 g/mol. The highest BCUT2D eigenvalue weighted by molar-refractivity contribution is 7.98. The van der Waals surface area contributed by atoms with Crippen molar-refractivity contribution in [2.75, 3.05) is 10.6 Å². The molecule has 3 aromatic rings. The third-order valence-corrected chi connectivity index (χ3v) is 4.55. The van der Waals surface area contributed by atoms with Crippen LogP contribution in [-0.2, 0) is 10.5 Å². The lowest BCUT2D eigenvalue weighted by molar-refractivity contribution is -0.114. The first kappa shape index (κ1) is 18.7. The monoisotopic (exact) mass is 382 g/mol. The quantitative estimate of drug-likeness (QED) is 0.628.